The van der Waals surface area contributed by atoms with Crippen molar-refractivity contribution in [3.63, 3.8) is 0 Å². The summed E-state index contributed by atoms with van der Waals surface area (Å²) in [7, 11) is 0. The molecule has 2 heterocycles. The highest BCUT2D eigenvalue weighted by atomic mass is 16.6. The Labute approximate surface area is 96.9 Å². The maximum atomic E-state index is 12.0. The summed E-state index contributed by atoms with van der Waals surface area (Å²) < 4.78 is 10.6. The van der Waals surface area contributed by atoms with Crippen LogP contribution in [0.15, 0.2) is 0 Å². The molecular formula is C12H21NO3. The van der Waals surface area contributed by atoms with Gasteiger partial charge in [-0.3, -0.25) is 0 Å². The first-order valence-corrected chi connectivity index (χ1v) is 6.05. The van der Waals surface area contributed by atoms with E-state index in [0.29, 0.717) is 12.0 Å². The summed E-state index contributed by atoms with van der Waals surface area (Å²) in [5.74, 6) is 0.523. The molecule has 1 unspecified atom stereocenters. The maximum Gasteiger partial charge on any atom is 0.410 e. The van der Waals surface area contributed by atoms with E-state index in [4.69, 9.17) is 9.47 Å². The van der Waals surface area contributed by atoms with Crippen molar-refractivity contribution in [3.05, 3.63) is 0 Å². The van der Waals surface area contributed by atoms with E-state index in [1.54, 1.807) is 0 Å². The standard InChI is InChI=1S/C12H21NO3/c1-12(2,3)16-11(14)13-6-4-5-10(13)9-7-15-8-9/h9-10H,4-8H2,1-3H3. The van der Waals surface area contributed by atoms with E-state index >= 15 is 0 Å². The summed E-state index contributed by atoms with van der Waals surface area (Å²) in [6, 6.07) is 0.337. The Morgan fingerprint density at radius 3 is 2.56 bits per heavy atom. The molecule has 0 radical (unpaired) electrons. The number of carbonyl (C=O) groups excluding carboxylic acids is 1. The van der Waals surface area contributed by atoms with Crippen LogP contribution in [0.5, 0.6) is 0 Å². The number of hydrogen-bond acceptors (Lipinski definition) is 3. The van der Waals surface area contributed by atoms with Crippen molar-refractivity contribution in [2.75, 3.05) is 19.8 Å². The molecule has 0 aromatic carbocycles. The minimum Gasteiger partial charge on any atom is -0.444 e. The number of hydrogen-bond donors (Lipinski definition) is 0. The largest absolute Gasteiger partial charge is 0.444 e. The number of nitrogens with zero attached hydrogens (tertiary/aromatic N) is 1. The number of likely N-dealkylation sites (tertiary alicyclic amines) is 1. The van der Waals surface area contributed by atoms with Crippen LogP contribution in [0.4, 0.5) is 4.79 Å². The second-order valence-corrected chi connectivity index (χ2v) is 5.68. The van der Waals surface area contributed by atoms with E-state index in [2.05, 4.69) is 0 Å². The van der Waals surface area contributed by atoms with E-state index in [9.17, 15) is 4.79 Å². The molecule has 2 rings (SSSR count). The van der Waals surface area contributed by atoms with Crippen LogP contribution in [0, 0.1) is 5.92 Å². The van der Waals surface area contributed by atoms with Crippen LogP contribution in [-0.2, 0) is 9.47 Å². The molecule has 0 saturated carbocycles. The van der Waals surface area contributed by atoms with Gasteiger partial charge in [-0.05, 0) is 33.6 Å². The highest BCUT2D eigenvalue weighted by molar-refractivity contribution is 5.69. The lowest BCUT2D eigenvalue weighted by Gasteiger charge is -2.37. The zero-order valence-corrected chi connectivity index (χ0v) is 10.4. The van der Waals surface area contributed by atoms with Gasteiger partial charge in [-0.15, -0.1) is 0 Å². The molecular weight excluding hydrogens is 206 g/mol. The van der Waals surface area contributed by atoms with Gasteiger partial charge in [0.25, 0.3) is 0 Å². The van der Waals surface area contributed by atoms with Crippen molar-refractivity contribution in [3.8, 4) is 0 Å². The first kappa shape index (κ1) is 11.7. The highest BCUT2D eigenvalue weighted by Crippen LogP contribution is 2.29. The molecule has 1 amide bonds. The van der Waals surface area contributed by atoms with Crippen LogP contribution >= 0.6 is 0 Å². The second-order valence-electron chi connectivity index (χ2n) is 5.68. The second kappa shape index (κ2) is 4.24. The fourth-order valence-electron chi connectivity index (χ4n) is 2.31. The Bertz CT molecular complexity index is 268. The van der Waals surface area contributed by atoms with Crippen molar-refractivity contribution in [1.82, 2.24) is 4.90 Å². The quantitative estimate of drug-likeness (QED) is 0.688. The lowest BCUT2D eigenvalue weighted by molar-refractivity contribution is -0.0687. The van der Waals surface area contributed by atoms with Gasteiger partial charge in [-0.2, -0.15) is 0 Å². The minimum atomic E-state index is -0.402. The van der Waals surface area contributed by atoms with E-state index in [0.717, 1.165) is 32.6 Å². The summed E-state index contributed by atoms with van der Waals surface area (Å²) >= 11 is 0. The first-order valence-electron chi connectivity index (χ1n) is 6.05. The molecule has 4 nitrogen and oxygen atoms in total. The van der Waals surface area contributed by atoms with Crippen molar-refractivity contribution in [2.24, 2.45) is 5.92 Å². The lowest BCUT2D eigenvalue weighted by atomic mass is 9.96. The van der Waals surface area contributed by atoms with Gasteiger partial charge in [0.2, 0.25) is 0 Å². The van der Waals surface area contributed by atoms with Crippen LogP contribution < -0.4 is 0 Å². The van der Waals surface area contributed by atoms with Crippen LogP contribution in [0.25, 0.3) is 0 Å². The van der Waals surface area contributed by atoms with Crippen LogP contribution in [0.3, 0.4) is 0 Å². The molecule has 0 bridgehead atoms. The van der Waals surface area contributed by atoms with Crippen LogP contribution in [0.2, 0.25) is 0 Å². The van der Waals surface area contributed by atoms with Crippen LogP contribution in [0.1, 0.15) is 33.6 Å². The minimum absolute atomic E-state index is 0.165. The van der Waals surface area contributed by atoms with E-state index in [1.807, 2.05) is 25.7 Å². The Morgan fingerprint density at radius 2 is 2.06 bits per heavy atom. The zero-order valence-electron chi connectivity index (χ0n) is 10.4. The molecule has 0 aromatic heterocycles. The van der Waals surface area contributed by atoms with Crippen molar-refractivity contribution in [2.45, 2.75) is 45.3 Å². The zero-order chi connectivity index (χ0) is 11.8. The molecule has 0 aromatic rings. The molecule has 2 saturated heterocycles. The summed E-state index contributed by atoms with van der Waals surface area (Å²) in [4.78, 5) is 13.9. The topological polar surface area (TPSA) is 38.8 Å². The molecule has 16 heavy (non-hydrogen) atoms. The Kier molecular flexibility index (Phi) is 3.10. The van der Waals surface area contributed by atoms with Gasteiger partial charge in [0, 0.05) is 18.5 Å². The van der Waals surface area contributed by atoms with Crippen molar-refractivity contribution >= 4 is 6.09 Å². The van der Waals surface area contributed by atoms with Crippen LogP contribution in [-0.4, -0.2) is 42.4 Å². The Hall–Kier alpha value is -0.770. The van der Waals surface area contributed by atoms with Crippen molar-refractivity contribution < 1.29 is 14.3 Å². The first-order chi connectivity index (χ1) is 7.47. The SMILES string of the molecule is CC(C)(C)OC(=O)N1CCCC1C1COC1. The molecule has 92 valence electrons. The molecule has 2 aliphatic rings. The molecule has 0 spiro atoms. The van der Waals surface area contributed by atoms with E-state index in [-0.39, 0.29) is 6.09 Å². The summed E-state index contributed by atoms with van der Waals surface area (Å²) in [6.45, 7) is 8.14. The average Bonchev–Trinajstić information content (AvgIpc) is 2.45. The third-order valence-corrected chi connectivity index (χ3v) is 3.14. The predicted octanol–water partition coefficient (Wildman–Crippen LogP) is 2.03. The predicted molar refractivity (Wildman–Crippen MR) is 60.3 cm³/mol. The normalized spacial score (nSPS) is 26.7. The van der Waals surface area contributed by atoms with Gasteiger partial charge in [0.05, 0.1) is 13.2 Å². The van der Waals surface area contributed by atoms with Crippen molar-refractivity contribution in [1.29, 1.82) is 0 Å². The fourth-order valence-corrected chi connectivity index (χ4v) is 2.31. The van der Waals surface area contributed by atoms with Gasteiger partial charge < -0.3 is 14.4 Å². The number of ether oxygens (including phenoxy) is 2. The Balaban J connectivity index is 1.94. The molecule has 4 heteroatoms. The summed E-state index contributed by atoms with van der Waals surface area (Å²) in [6.07, 6.45) is 2.01. The number of rotatable bonds is 1. The number of carbonyl (C=O) groups is 1. The molecule has 1 atom stereocenters. The van der Waals surface area contributed by atoms with Gasteiger partial charge in [0.1, 0.15) is 5.60 Å². The van der Waals surface area contributed by atoms with E-state index in [1.165, 1.54) is 0 Å². The molecule has 2 aliphatic heterocycles. The molecule has 0 N–H and O–H groups in total. The fraction of sp³-hybridized carbons (Fsp3) is 0.917. The summed E-state index contributed by atoms with van der Waals surface area (Å²) in [5, 5.41) is 0. The van der Waals surface area contributed by atoms with Gasteiger partial charge in [0.15, 0.2) is 0 Å². The number of amides is 1. The third-order valence-electron chi connectivity index (χ3n) is 3.14. The van der Waals surface area contributed by atoms with Gasteiger partial charge >= 0.3 is 6.09 Å². The molecule has 2 fully saturated rings. The molecule has 0 aliphatic carbocycles. The maximum absolute atomic E-state index is 12.0. The monoisotopic (exact) mass is 227 g/mol. The lowest BCUT2D eigenvalue weighted by Crippen LogP contribution is -2.48. The highest BCUT2D eigenvalue weighted by Gasteiger charge is 2.39. The van der Waals surface area contributed by atoms with Gasteiger partial charge in [-0.1, -0.05) is 0 Å². The summed E-state index contributed by atoms with van der Waals surface area (Å²) in [5.41, 5.74) is -0.402. The Morgan fingerprint density at radius 1 is 1.38 bits per heavy atom. The van der Waals surface area contributed by atoms with Gasteiger partial charge in [-0.25, -0.2) is 4.79 Å². The van der Waals surface area contributed by atoms with E-state index < -0.39 is 5.60 Å². The third kappa shape index (κ3) is 2.48. The average molecular weight is 227 g/mol. The smallest absolute Gasteiger partial charge is 0.410 e.